The summed E-state index contributed by atoms with van der Waals surface area (Å²) in [7, 11) is 0. The van der Waals surface area contributed by atoms with Gasteiger partial charge in [0.05, 0.1) is 13.0 Å². The molecule has 1 rings (SSSR count). The van der Waals surface area contributed by atoms with Gasteiger partial charge in [0.15, 0.2) is 0 Å². The molecule has 0 saturated heterocycles. The van der Waals surface area contributed by atoms with Crippen LogP contribution in [-0.4, -0.2) is 35.6 Å². The highest BCUT2D eigenvalue weighted by atomic mass is 16.3. The number of amides is 1. The first-order valence-electron chi connectivity index (χ1n) is 6.61. The van der Waals surface area contributed by atoms with Crippen molar-refractivity contribution in [3.8, 4) is 0 Å². The van der Waals surface area contributed by atoms with Gasteiger partial charge in [-0.3, -0.25) is 4.79 Å². The zero-order valence-electron chi connectivity index (χ0n) is 11.4. The SMILES string of the molecule is CCCCN(CCO)C(=O)Cc1cccc(C)c1. The topological polar surface area (TPSA) is 40.5 Å². The van der Waals surface area contributed by atoms with E-state index in [0.717, 1.165) is 24.9 Å². The number of carbonyl (C=O) groups excluding carboxylic acids is 1. The predicted molar refractivity (Wildman–Crippen MR) is 73.5 cm³/mol. The molecule has 1 aromatic carbocycles. The van der Waals surface area contributed by atoms with Crippen LogP contribution in [0.1, 0.15) is 30.9 Å². The van der Waals surface area contributed by atoms with Crippen LogP contribution in [0.15, 0.2) is 24.3 Å². The fourth-order valence-electron chi connectivity index (χ4n) is 1.94. The minimum absolute atomic E-state index is 0.0310. The molecule has 0 aromatic heterocycles. The van der Waals surface area contributed by atoms with Crippen LogP contribution in [0.4, 0.5) is 0 Å². The minimum Gasteiger partial charge on any atom is -0.395 e. The zero-order valence-corrected chi connectivity index (χ0v) is 11.4. The van der Waals surface area contributed by atoms with E-state index in [2.05, 4.69) is 6.92 Å². The first-order chi connectivity index (χ1) is 8.67. The van der Waals surface area contributed by atoms with Crippen LogP contribution in [0.5, 0.6) is 0 Å². The monoisotopic (exact) mass is 249 g/mol. The summed E-state index contributed by atoms with van der Waals surface area (Å²) >= 11 is 0. The van der Waals surface area contributed by atoms with Crippen molar-refractivity contribution in [1.29, 1.82) is 0 Å². The quantitative estimate of drug-likeness (QED) is 0.804. The predicted octanol–water partition coefficient (Wildman–Crippen LogP) is 2.16. The number of aliphatic hydroxyl groups is 1. The molecule has 0 heterocycles. The summed E-state index contributed by atoms with van der Waals surface area (Å²) in [6, 6.07) is 8.01. The lowest BCUT2D eigenvalue weighted by Crippen LogP contribution is -2.35. The van der Waals surface area contributed by atoms with Crippen molar-refractivity contribution in [2.75, 3.05) is 19.7 Å². The Morgan fingerprint density at radius 3 is 2.72 bits per heavy atom. The van der Waals surface area contributed by atoms with Crippen LogP contribution in [0.3, 0.4) is 0 Å². The van der Waals surface area contributed by atoms with Gasteiger partial charge < -0.3 is 10.0 Å². The number of aliphatic hydroxyl groups excluding tert-OH is 1. The second-order valence-corrected chi connectivity index (χ2v) is 4.62. The molecule has 0 fully saturated rings. The molecule has 1 aromatic rings. The summed E-state index contributed by atoms with van der Waals surface area (Å²) in [6.07, 6.45) is 2.46. The Morgan fingerprint density at radius 2 is 2.11 bits per heavy atom. The van der Waals surface area contributed by atoms with Gasteiger partial charge in [-0.05, 0) is 18.9 Å². The first kappa shape index (κ1) is 14.7. The number of nitrogens with zero attached hydrogens (tertiary/aromatic N) is 1. The van der Waals surface area contributed by atoms with Gasteiger partial charge in [0.25, 0.3) is 0 Å². The third-order valence-electron chi connectivity index (χ3n) is 2.94. The maximum Gasteiger partial charge on any atom is 0.227 e. The van der Waals surface area contributed by atoms with Crippen LogP contribution in [0.2, 0.25) is 0 Å². The van der Waals surface area contributed by atoms with Gasteiger partial charge >= 0.3 is 0 Å². The van der Waals surface area contributed by atoms with Crippen molar-refractivity contribution in [3.63, 3.8) is 0 Å². The van der Waals surface area contributed by atoms with Crippen LogP contribution >= 0.6 is 0 Å². The maximum atomic E-state index is 12.1. The molecule has 0 spiro atoms. The summed E-state index contributed by atoms with van der Waals surface area (Å²) in [5.74, 6) is 0.100. The van der Waals surface area contributed by atoms with Crippen molar-refractivity contribution in [3.05, 3.63) is 35.4 Å². The number of hydrogen-bond donors (Lipinski definition) is 1. The molecule has 100 valence electrons. The van der Waals surface area contributed by atoms with Crippen LogP contribution < -0.4 is 0 Å². The Hall–Kier alpha value is -1.35. The van der Waals surface area contributed by atoms with E-state index < -0.39 is 0 Å². The molecule has 1 N–H and O–H groups in total. The molecule has 0 aliphatic heterocycles. The van der Waals surface area contributed by atoms with E-state index in [1.54, 1.807) is 4.90 Å². The summed E-state index contributed by atoms with van der Waals surface area (Å²) < 4.78 is 0. The van der Waals surface area contributed by atoms with E-state index in [0.29, 0.717) is 13.0 Å². The third kappa shape index (κ3) is 4.88. The third-order valence-corrected chi connectivity index (χ3v) is 2.94. The molecule has 0 bridgehead atoms. The summed E-state index contributed by atoms with van der Waals surface area (Å²) in [4.78, 5) is 13.9. The molecule has 0 unspecified atom stereocenters. The fraction of sp³-hybridized carbons (Fsp3) is 0.533. The molecule has 3 heteroatoms. The average molecular weight is 249 g/mol. The number of benzene rings is 1. The molecule has 0 atom stereocenters. The van der Waals surface area contributed by atoms with Gasteiger partial charge in [-0.1, -0.05) is 43.2 Å². The van der Waals surface area contributed by atoms with Gasteiger partial charge in [-0.25, -0.2) is 0 Å². The number of carbonyl (C=O) groups is 1. The average Bonchev–Trinajstić information content (AvgIpc) is 2.34. The van der Waals surface area contributed by atoms with E-state index in [1.165, 1.54) is 5.56 Å². The highest BCUT2D eigenvalue weighted by Crippen LogP contribution is 2.07. The number of rotatable bonds is 7. The molecule has 3 nitrogen and oxygen atoms in total. The Kier molecular flexibility index (Phi) is 6.44. The number of unbranched alkanes of at least 4 members (excludes halogenated alkanes) is 1. The highest BCUT2D eigenvalue weighted by Gasteiger charge is 2.12. The summed E-state index contributed by atoms with van der Waals surface area (Å²) in [6.45, 7) is 5.33. The van der Waals surface area contributed by atoms with E-state index in [-0.39, 0.29) is 12.5 Å². The van der Waals surface area contributed by atoms with E-state index in [9.17, 15) is 4.79 Å². The molecule has 18 heavy (non-hydrogen) atoms. The van der Waals surface area contributed by atoms with Crippen LogP contribution in [-0.2, 0) is 11.2 Å². The van der Waals surface area contributed by atoms with Crippen LogP contribution in [0.25, 0.3) is 0 Å². The molecular weight excluding hydrogens is 226 g/mol. The largest absolute Gasteiger partial charge is 0.395 e. The molecule has 0 aliphatic rings. The maximum absolute atomic E-state index is 12.1. The van der Waals surface area contributed by atoms with Gasteiger partial charge in [0, 0.05) is 13.1 Å². The second kappa shape index (κ2) is 7.88. The summed E-state index contributed by atoms with van der Waals surface area (Å²) in [5.41, 5.74) is 2.21. The minimum atomic E-state index is 0.0310. The lowest BCUT2D eigenvalue weighted by molar-refractivity contribution is -0.131. The normalized spacial score (nSPS) is 10.4. The van der Waals surface area contributed by atoms with E-state index in [4.69, 9.17) is 5.11 Å². The summed E-state index contributed by atoms with van der Waals surface area (Å²) in [5, 5.41) is 9.00. The highest BCUT2D eigenvalue weighted by molar-refractivity contribution is 5.78. The number of hydrogen-bond acceptors (Lipinski definition) is 2. The van der Waals surface area contributed by atoms with Crippen molar-refractivity contribution >= 4 is 5.91 Å². The van der Waals surface area contributed by atoms with Gasteiger partial charge in [-0.2, -0.15) is 0 Å². The molecule has 0 saturated carbocycles. The first-order valence-corrected chi connectivity index (χ1v) is 6.61. The Balaban J connectivity index is 2.60. The lowest BCUT2D eigenvalue weighted by Gasteiger charge is -2.21. The van der Waals surface area contributed by atoms with Crippen molar-refractivity contribution < 1.29 is 9.90 Å². The van der Waals surface area contributed by atoms with Gasteiger partial charge in [0.1, 0.15) is 0 Å². The molecule has 0 radical (unpaired) electrons. The Labute approximate surface area is 109 Å². The van der Waals surface area contributed by atoms with Gasteiger partial charge in [0.2, 0.25) is 5.91 Å². The molecule has 1 amide bonds. The number of aryl methyl sites for hydroxylation is 1. The smallest absolute Gasteiger partial charge is 0.227 e. The Morgan fingerprint density at radius 1 is 1.33 bits per heavy atom. The van der Waals surface area contributed by atoms with Gasteiger partial charge in [-0.15, -0.1) is 0 Å². The molecular formula is C15H23NO2. The Bertz CT molecular complexity index is 377. The van der Waals surface area contributed by atoms with E-state index in [1.807, 2.05) is 31.2 Å². The zero-order chi connectivity index (χ0) is 13.4. The van der Waals surface area contributed by atoms with Crippen molar-refractivity contribution in [1.82, 2.24) is 4.90 Å². The van der Waals surface area contributed by atoms with E-state index >= 15 is 0 Å². The second-order valence-electron chi connectivity index (χ2n) is 4.62. The van der Waals surface area contributed by atoms with Crippen molar-refractivity contribution in [2.24, 2.45) is 0 Å². The van der Waals surface area contributed by atoms with Crippen molar-refractivity contribution in [2.45, 2.75) is 33.1 Å². The lowest BCUT2D eigenvalue weighted by atomic mass is 10.1. The fourth-order valence-corrected chi connectivity index (χ4v) is 1.94. The molecule has 0 aliphatic carbocycles. The standard InChI is InChI=1S/C15H23NO2/c1-3-4-8-16(9-10-17)15(18)12-14-7-5-6-13(2)11-14/h5-7,11,17H,3-4,8-10,12H2,1-2H3. The van der Waals surface area contributed by atoms with Crippen LogP contribution in [0, 0.1) is 6.92 Å².